The molecule has 0 aliphatic heterocycles. The van der Waals surface area contributed by atoms with Crippen LogP contribution in [0.1, 0.15) is 11.1 Å². The highest BCUT2D eigenvalue weighted by Gasteiger charge is 2.02. The number of aromatic nitrogens is 4. The van der Waals surface area contributed by atoms with Crippen molar-refractivity contribution in [3.63, 3.8) is 0 Å². The lowest BCUT2D eigenvalue weighted by Gasteiger charge is -2.07. The number of pyridine rings is 1. The minimum atomic E-state index is 0.424. The van der Waals surface area contributed by atoms with Gasteiger partial charge in [0.15, 0.2) is 5.82 Å². The summed E-state index contributed by atoms with van der Waals surface area (Å²) in [6.07, 6.45) is 5.04. The maximum atomic E-state index is 8.79. The first kappa shape index (κ1) is 14.4. The molecule has 7 nitrogen and oxygen atoms in total. The summed E-state index contributed by atoms with van der Waals surface area (Å²) < 4.78 is 0. The molecule has 1 aromatic carbocycles. The van der Waals surface area contributed by atoms with Gasteiger partial charge in [0, 0.05) is 24.6 Å². The highest BCUT2D eigenvalue weighted by molar-refractivity contribution is 5.57. The van der Waals surface area contributed by atoms with Gasteiger partial charge >= 0.3 is 0 Å². The monoisotopic (exact) mass is 303 g/mol. The summed E-state index contributed by atoms with van der Waals surface area (Å²) in [6.45, 7) is 0.565. The molecule has 7 heteroatoms. The molecule has 0 amide bonds. The van der Waals surface area contributed by atoms with Crippen molar-refractivity contribution in [1.82, 2.24) is 20.2 Å². The fourth-order valence-corrected chi connectivity index (χ4v) is 1.90. The van der Waals surface area contributed by atoms with Crippen LogP contribution in [-0.4, -0.2) is 20.2 Å². The summed E-state index contributed by atoms with van der Waals surface area (Å²) in [7, 11) is 0. The number of nitrogens with zero attached hydrogens (tertiary/aromatic N) is 5. The Labute approximate surface area is 133 Å². The average molecular weight is 303 g/mol. The van der Waals surface area contributed by atoms with E-state index in [1.165, 1.54) is 6.20 Å². The van der Waals surface area contributed by atoms with Crippen LogP contribution >= 0.6 is 0 Å². The summed E-state index contributed by atoms with van der Waals surface area (Å²) in [5.41, 5.74) is 2.46. The second-order valence-corrected chi connectivity index (χ2v) is 4.69. The van der Waals surface area contributed by atoms with Gasteiger partial charge < -0.3 is 10.6 Å². The van der Waals surface area contributed by atoms with E-state index in [0.29, 0.717) is 23.9 Å². The van der Waals surface area contributed by atoms with Crippen molar-refractivity contribution in [2.45, 2.75) is 6.54 Å². The third-order valence-electron chi connectivity index (χ3n) is 3.02. The molecule has 112 valence electrons. The van der Waals surface area contributed by atoms with E-state index in [0.717, 1.165) is 11.3 Å². The molecule has 0 aliphatic rings. The molecule has 0 fully saturated rings. The molecule has 0 atom stereocenters. The van der Waals surface area contributed by atoms with Gasteiger partial charge in [0.05, 0.1) is 17.8 Å². The summed E-state index contributed by atoms with van der Waals surface area (Å²) in [6, 6.07) is 13.0. The molecule has 3 aromatic rings. The van der Waals surface area contributed by atoms with Crippen LogP contribution in [-0.2, 0) is 6.54 Å². The molecule has 2 aromatic heterocycles. The lowest BCUT2D eigenvalue weighted by Crippen LogP contribution is -2.06. The van der Waals surface area contributed by atoms with Gasteiger partial charge in [-0.15, -0.1) is 5.10 Å². The molecular weight excluding hydrogens is 290 g/mol. The van der Waals surface area contributed by atoms with Gasteiger partial charge in [0.25, 0.3) is 0 Å². The molecule has 0 saturated carbocycles. The van der Waals surface area contributed by atoms with Crippen LogP contribution in [0.3, 0.4) is 0 Å². The first-order valence-corrected chi connectivity index (χ1v) is 6.93. The number of anilines is 3. The van der Waals surface area contributed by atoms with E-state index in [2.05, 4.69) is 36.9 Å². The second-order valence-electron chi connectivity index (χ2n) is 4.69. The van der Waals surface area contributed by atoms with Gasteiger partial charge in [-0.05, 0) is 35.9 Å². The smallest absolute Gasteiger partial charge is 0.244 e. The molecule has 2 N–H and O–H groups in total. The molecule has 3 rings (SSSR count). The minimum Gasteiger partial charge on any atom is -0.349 e. The molecule has 23 heavy (non-hydrogen) atoms. The lowest BCUT2D eigenvalue weighted by molar-refractivity contribution is 0.946. The number of benzene rings is 1. The van der Waals surface area contributed by atoms with E-state index >= 15 is 0 Å². The average Bonchev–Trinajstić information content (AvgIpc) is 2.62. The van der Waals surface area contributed by atoms with Crippen LogP contribution in [0.2, 0.25) is 0 Å². The van der Waals surface area contributed by atoms with Crippen LogP contribution in [0, 0.1) is 11.3 Å². The molecule has 2 heterocycles. The topological polar surface area (TPSA) is 99.4 Å². The highest BCUT2D eigenvalue weighted by Crippen LogP contribution is 2.15. The van der Waals surface area contributed by atoms with Crippen LogP contribution in [0.25, 0.3) is 0 Å². The van der Waals surface area contributed by atoms with Crippen molar-refractivity contribution >= 4 is 17.5 Å². The number of hydrogen-bond donors (Lipinski definition) is 2. The Balaban J connectivity index is 1.66. The standard InChI is InChI=1S/C16H13N7/c17-8-12-3-5-14(6-4-12)21-15-11-20-23-16(22-15)19-10-13-2-1-7-18-9-13/h1-7,9,11H,10H2,(H2,19,21,22,23). The van der Waals surface area contributed by atoms with Gasteiger partial charge in [-0.1, -0.05) is 6.07 Å². The zero-order chi connectivity index (χ0) is 15.9. The first-order valence-electron chi connectivity index (χ1n) is 6.93. The Bertz CT molecular complexity index is 810. The van der Waals surface area contributed by atoms with Crippen LogP contribution in [0.15, 0.2) is 55.0 Å². The molecule has 0 radical (unpaired) electrons. The van der Waals surface area contributed by atoms with Gasteiger partial charge in [-0.25, -0.2) is 0 Å². The number of rotatable bonds is 5. The van der Waals surface area contributed by atoms with E-state index in [9.17, 15) is 0 Å². The zero-order valence-electron chi connectivity index (χ0n) is 12.1. The quantitative estimate of drug-likeness (QED) is 0.747. The Hall–Kier alpha value is -3.53. The fraction of sp³-hybridized carbons (Fsp3) is 0.0625. The Morgan fingerprint density at radius 2 is 1.96 bits per heavy atom. The molecule has 0 bridgehead atoms. The largest absolute Gasteiger partial charge is 0.349 e. The molecule has 0 saturated heterocycles. The van der Waals surface area contributed by atoms with Crippen molar-refractivity contribution in [3.8, 4) is 6.07 Å². The summed E-state index contributed by atoms with van der Waals surface area (Å²) in [5, 5.41) is 22.9. The molecule has 0 spiro atoms. The second kappa shape index (κ2) is 6.95. The van der Waals surface area contributed by atoms with Crippen molar-refractivity contribution < 1.29 is 0 Å². The molecular formula is C16H13N7. The minimum absolute atomic E-state index is 0.424. The maximum Gasteiger partial charge on any atom is 0.244 e. The Morgan fingerprint density at radius 3 is 2.70 bits per heavy atom. The van der Waals surface area contributed by atoms with Gasteiger partial charge in [0.2, 0.25) is 5.95 Å². The SMILES string of the molecule is N#Cc1ccc(Nc2cnnc(NCc3cccnc3)n2)cc1. The zero-order valence-corrected chi connectivity index (χ0v) is 12.1. The van der Waals surface area contributed by atoms with Gasteiger partial charge in [-0.3, -0.25) is 4.98 Å². The maximum absolute atomic E-state index is 8.79. The molecule has 0 unspecified atom stereocenters. The van der Waals surface area contributed by atoms with E-state index in [1.807, 2.05) is 24.3 Å². The third kappa shape index (κ3) is 3.98. The van der Waals surface area contributed by atoms with Crippen molar-refractivity contribution in [3.05, 3.63) is 66.1 Å². The fourth-order valence-electron chi connectivity index (χ4n) is 1.90. The van der Waals surface area contributed by atoms with Gasteiger partial charge in [0.1, 0.15) is 0 Å². The highest BCUT2D eigenvalue weighted by atomic mass is 15.3. The van der Waals surface area contributed by atoms with Crippen molar-refractivity contribution in [2.24, 2.45) is 0 Å². The Kier molecular flexibility index (Phi) is 4.36. The lowest BCUT2D eigenvalue weighted by atomic mass is 10.2. The molecule has 0 aliphatic carbocycles. The third-order valence-corrected chi connectivity index (χ3v) is 3.02. The van der Waals surface area contributed by atoms with Crippen LogP contribution in [0.5, 0.6) is 0 Å². The summed E-state index contributed by atoms with van der Waals surface area (Å²) in [4.78, 5) is 8.40. The predicted molar refractivity (Wildman–Crippen MR) is 85.8 cm³/mol. The summed E-state index contributed by atoms with van der Waals surface area (Å²) in [5.74, 6) is 0.992. The number of nitriles is 1. The van der Waals surface area contributed by atoms with E-state index in [4.69, 9.17) is 5.26 Å². The number of hydrogen-bond acceptors (Lipinski definition) is 7. The Morgan fingerprint density at radius 1 is 1.09 bits per heavy atom. The van der Waals surface area contributed by atoms with E-state index < -0.39 is 0 Å². The van der Waals surface area contributed by atoms with Crippen molar-refractivity contribution in [2.75, 3.05) is 10.6 Å². The van der Waals surface area contributed by atoms with Crippen LogP contribution in [0.4, 0.5) is 17.5 Å². The number of nitrogens with one attached hydrogen (secondary N) is 2. The van der Waals surface area contributed by atoms with E-state index in [1.54, 1.807) is 24.5 Å². The van der Waals surface area contributed by atoms with E-state index in [-0.39, 0.29) is 0 Å². The normalized spacial score (nSPS) is 9.87. The van der Waals surface area contributed by atoms with Crippen molar-refractivity contribution in [1.29, 1.82) is 5.26 Å². The van der Waals surface area contributed by atoms with Gasteiger partial charge in [-0.2, -0.15) is 15.3 Å². The van der Waals surface area contributed by atoms with Crippen LogP contribution < -0.4 is 10.6 Å². The predicted octanol–water partition coefficient (Wildman–Crippen LogP) is 2.49. The first-order chi connectivity index (χ1) is 11.3. The summed E-state index contributed by atoms with van der Waals surface area (Å²) >= 11 is 0.